The first-order valence-corrected chi connectivity index (χ1v) is 8.56. The van der Waals surface area contributed by atoms with E-state index in [1.54, 1.807) is 0 Å². The predicted molar refractivity (Wildman–Crippen MR) is 99.4 cm³/mol. The fourth-order valence-corrected chi connectivity index (χ4v) is 2.32. The Morgan fingerprint density at radius 3 is 1.10 bits per heavy atom. The Balaban J connectivity index is -0.00000144. The second-order valence-corrected chi connectivity index (χ2v) is 5.58. The minimum absolute atomic E-state index is 0. The van der Waals surface area contributed by atoms with Crippen LogP contribution in [0.25, 0.3) is 0 Å². The molecule has 0 aliphatic heterocycles. The van der Waals surface area contributed by atoms with E-state index in [1.807, 2.05) is 0 Å². The Morgan fingerprint density at radius 2 is 0.750 bits per heavy atom. The van der Waals surface area contributed by atoms with Gasteiger partial charge < -0.3 is 0 Å². The number of hydrogen-bond acceptors (Lipinski definition) is 0. The second-order valence-electron chi connectivity index (χ2n) is 5.58. The van der Waals surface area contributed by atoms with Crippen molar-refractivity contribution in [3.63, 3.8) is 0 Å². The van der Waals surface area contributed by atoms with E-state index >= 15 is 0 Å². The van der Waals surface area contributed by atoms with Crippen LogP contribution in [0, 0.1) is 0 Å². The molecule has 0 N–H and O–H groups in total. The Hall–Kier alpha value is 1.74. The molecule has 0 radical (unpaired) electrons. The summed E-state index contributed by atoms with van der Waals surface area (Å²) < 4.78 is 0. The monoisotopic (exact) mass is 300 g/mol. The number of allylic oxidation sites excluding steroid dienone is 2. The number of rotatable bonds is 14. The van der Waals surface area contributed by atoms with Gasteiger partial charge >= 0.3 is 59.1 Å². The summed E-state index contributed by atoms with van der Waals surface area (Å²) in [5.74, 6) is 0. The zero-order valence-electron chi connectivity index (χ0n) is 13.1. The number of hydrogen-bond donors (Lipinski definition) is 0. The zero-order valence-corrected chi connectivity index (χ0v) is 13.1. The predicted octanol–water partition coefficient (Wildman–Crippen LogP) is 5.75. The summed E-state index contributed by atoms with van der Waals surface area (Å²) in [6.07, 6.45) is 24.4. The van der Waals surface area contributed by atoms with Crippen molar-refractivity contribution in [3.05, 3.63) is 12.2 Å². The second kappa shape index (κ2) is 25.7. The van der Waals surface area contributed by atoms with E-state index in [-0.39, 0.29) is 59.1 Å². The molecule has 0 unspecified atom stereocenters. The van der Waals surface area contributed by atoms with Crippen molar-refractivity contribution in [3.8, 4) is 0 Å². The summed E-state index contributed by atoms with van der Waals surface area (Å²) in [6.45, 7) is 4.57. The molecule has 0 saturated heterocycles. The normalized spacial score (nSPS) is 10.3. The van der Waals surface area contributed by atoms with E-state index in [0.29, 0.717) is 0 Å². The third-order valence-corrected chi connectivity index (χ3v) is 3.62. The topological polar surface area (TPSA) is 0 Å². The first kappa shape index (κ1) is 26.6. The van der Waals surface area contributed by atoms with Crippen molar-refractivity contribution in [2.75, 3.05) is 0 Å². The van der Waals surface area contributed by atoms with Gasteiger partial charge in [0.2, 0.25) is 0 Å². The molecule has 112 valence electrons. The molecule has 0 aromatic heterocycles. The molecule has 0 atom stereocenters. The van der Waals surface area contributed by atoms with Crippen molar-refractivity contribution < 1.29 is 0 Å². The van der Waals surface area contributed by atoms with Gasteiger partial charge in [-0.25, -0.2) is 0 Å². The molecule has 0 rings (SSSR count). The first-order chi connectivity index (χ1) is 8.91. The average Bonchev–Trinajstić information content (AvgIpc) is 2.39. The molecule has 0 heterocycles. The van der Waals surface area contributed by atoms with Crippen LogP contribution in [-0.4, -0.2) is 59.1 Å². The summed E-state index contributed by atoms with van der Waals surface area (Å²) >= 11 is 0. The van der Waals surface area contributed by atoms with E-state index in [2.05, 4.69) is 26.0 Å². The molecule has 0 fully saturated rings. The quantitative estimate of drug-likeness (QED) is 0.218. The minimum atomic E-state index is 0. The molecule has 0 saturated carbocycles. The van der Waals surface area contributed by atoms with Crippen molar-refractivity contribution in [1.82, 2.24) is 0 Å². The average molecular weight is 300 g/mol. The van der Waals surface area contributed by atoms with Gasteiger partial charge in [0.15, 0.2) is 0 Å². The summed E-state index contributed by atoms with van der Waals surface area (Å²) in [6, 6.07) is 0. The van der Waals surface area contributed by atoms with Crippen LogP contribution in [0.3, 0.4) is 0 Å². The summed E-state index contributed by atoms with van der Waals surface area (Å²) in [7, 11) is 0. The van der Waals surface area contributed by atoms with Gasteiger partial charge in [0.25, 0.3) is 0 Å². The van der Waals surface area contributed by atoms with Crippen molar-refractivity contribution in [2.45, 2.75) is 104 Å². The maximum atomic E-state index is 2.41. The van der Waals surface area contributed by atoms with E-state index < -0.39 is 0 Å². The third-order valence-electron chi connectivity index (χ3n) is 3.62. The fraction of sp³-hybridized carbons (Fsp3) is 0.889. The van der Waals surface area contributed by atoms with Crippen LogP contribution in [-0.2, 0) is 0 Å². The maximum absolute atomic E-state index is 2.41. The van der Waals surface area contributed by atoms with Crippen LogP contribution < -0.4 is 0 Å². The van der Waals surface area contributed by atoms with Gasteiger partial charge in [0, 0.05) is 0 Å². The molecular formula is C18H38Na2. The summed E-state index contributed by atoms with van der Waals surface area (Å²) in [4.78, 5) is 0. The fourth-order valence-electron chi connectivity index (χ4n) is 2.32. The van der Waals surface area contributed by atoms with Crippen LogP contribution in [0.15, 0.2) is 12.2 Å². The van der Waals surface area contributed by atoms with Crippen LogP contribution >= 0.6 is 0 Å². The van der Waals surface area contributed by atoms with Gasteiger partial charge in [0.1, 0.15) is 0 Å². The Labute approximate surface area is 173 Å². The third kappa shape index (κ3) is 24.7. The molecule has 0 nitrogen and oxygen atoms in total. The molecule has 0 amide bonds. The van der Waals surface area contributed by atoms with E-state index in [0.717, 1.165) is 0 Å². The van der Waals surface area contributed by atoms with E-state index in [4.69, 9.17) is 0 Å². The van der Waals surface area contributed by atoms with Crippen LogP contribution in [0.1, 0.15) is 104 Å². The molecule has 0 aliphatic rings. The molecular weight excluding hydrogens is 262 g/mol. The Morgan fingerprint density at radius 1 is 0.450 bits per heavy atom. The van der Waals surface area contributed by atoms with Crippen LogP contribution in [0.2, 0.25) is 0 Å². The summed E-state index contributed by atoms with van der Waals surface area (Å²) in [5.41, 5.74) is 0. The SMILES string of the molecule is CCCCCCCC/C=C\CCCCCCCC.[NaH].[NaH]. The van der Waals surface area contributed by atoms with Gasteiger partial charge in [-0.3, -0.25) is 0 Å². The van der Waals surface area contributed by atoms with Gasteiger partial charge in [-0.1, -0.05) is 90.2 Å². The summed E-state index contributed by atoms with van der Waals surface area (Å²) in [5, 5.41) is 0. The van der Waals surface area contributed by atoms with Gasteiger partial charge in [-0.15, -0.1) is 0 Å². The first-order valence-electron chi connectivity index (χ1n) is 8.56. The van der Waals surface area contributed by atoms with E-state index in [9.17, 15) is 0 Å². The van der Waals surface area contributed by atoms with Crippen molar-refractivity contribution >= 4 is 59.1 Å². The molecule has 0 spiro atoms. The van der Waals surface area contributed by atoms with Crippen molar-refractivity contribution in [2.24, 2.45) is 0 Å². The molecule has 0 aliphatic carbocycles. The van der Waals surface area contributed by atoms with Crippen LogP contribution in [0.5, 0.6) is 0 Å². The Kier molecular flexibility index (Phi) is 34.2. The number of unbranched alkanes of at least 4 members (excludes halogenated alkanes) is 12. The van der Waals surface area contributed by atoms with Gasteiger partial charge in [-0.05, 0) is 25.7 Å². The van der Waals surface area contributed by atoms with E-state index in [1.165, 1.54) is 89.9 Å². The van der Waals surface area contributed by atoms with Crippen molar-refractivity contribution in [1.29, 1.82) is 0 Å². The molecule has 0 bridgehead atoms. The molecule has 0 aromatic rings. The molecule has 2 heteroatoms. The molecule has 20 heavy (non-hydrogen) atoms. The standard InChI is InChI=1S/C18H36.2Na.2H/c1-3-5-7-9-11-13-15-17-18-16-14-12-10-8-6-4-2;;;;/h17-18H,3-16H2,1-2H3;;;;/b18-17-;;;;. The molecule has 0 aromatic carbocycles. The van der Waals surface area contributed by atoms with Crippen LogP contribution in [0.4, 0.5) is 0 Å². The van der Waals surface area contributed by atoms with Gasteiger partial charge in [-0.2, -0.15) is 0 Å². The Bertz CT molecular complexity index is 149. The zero-order chi connectivity index (χ0) is 13.3. The van der Waals surface area contributed by atoms with Gasteiger partial charge in [0.05, 0.1) is 0 Å².